The number of hydrogen-bond donors (Lipinski definition) is 0. The molecule has 0 radical (unpaired) electrons. The highest BCUT2D eigenvalue weighted by molar-refractivity contribution is 9.10. The molecule has 0 N–H and O–H groups in total. The first kappa shape index (κ1) is 19.7. The molecule has 0 fully saturated rings. The van der Waals surface area contributed by atoms with E-state index in [1.165, 1.54) is 6.08 Å². The van der Waals surface area contributed by atoms with Gasteiger partial charge < -0.3 is 9.64 Å². The minimum Gasteiger partial charge on any atom is -0.456 e. The summed E-state index contributed by atoms with van der Waals surface area (Å²) >= 11 is 9.46. The van der Waals surface area contributed by atoms with E-state index in [4.69, 9.17) is 21.4 Å². The largest absolute Gasteiger partial charge is 0.456 e. The van der Waals surface area contributed by atoms with Crippen molar-refractivity contribution in [2.75, 3.05) is 6.61 Å². The summed E-state index contributed by atoms with van der Waals surface area (Å²) in [5.74, 6) is -0.321. The van der Waals surface area contributed by atoms with Crippen molar-refractivity contribution in [1.82, 2.24) is 19.7 Å². The van der Waals surface area contributed by atoms with E-state index in [0.717, 1.165) is 27.0 Å². The molecule has 0 aliphatic carbocycles. The first-order valence-electron chi connectivity index (χ1n) is 9.05. The molecule has 148 valence electrons. The number of benzene rings is 1. The van der Waals surface area contributed by atoms with Gasteiger partial charge in [-0.2, -0.15) is 5.10 Å². The molecule has 1 aliphatic rings. The second kappa shape index (κ2) is 8.80. The Morgan fingerprint density at radius 1 is 1.17 bits per heavy atom. The lowest BCUT2D eigenvalue weighted by molar-refractivity contribution is -0.135. The maximum atomic E-state index is 11.6. The van der Waals surface area contributed by atoms with Crippen molar-refractivity contribution in [1.29, 1.82) is 0 Å². The molecule has 0 spiro atoms. The summed E-state index contributed by atoms with van der Waals surface area (Å²) in [6, 6.07) is 13.8. The molecule has 3 aromatic rings. The zero-order valence-corrected chi connectivity index (χ0v) is 17.8. The molecule has 0 bridgehead atoms. The van der Waals surface area contributed by atoms with Crippen LogP contribution in [0.5, 0.6) is 0 Å². The molecule has 29 heavy (non-hydrogen) atoms. The van der Waals surface area contributed by atoms with E-state index in [-0.39, 0.29) is 12.6 Å². The molecule has 1 aromatic carbocycles. The van der Waals surface area contributed by atoms with Gasteiger partial charge in [-0.25, -0.2) is 9.78 Å². The van der Waals surface area contributed by atoms with Crippen LogP contribution in [0.4, 0.5) is 0 Å². The van der Waals surface area contributed by atoms with Gasteiger partial charge in [0.2, 0.25) is 0 Å². The molecule has 6 nitrogen and oxygen atoms in total. The van der Waals surface area contributed by atoms with Crippen molar-refractivity contribution < 1.29 is 9.53 Å². The van der Waals surface area contributed by atoms with Gasteiger partial charge in [-0.3, -0.25) is 4.68 Å². The number of hydrogen-bond acceptors (Lipinski definition) is 5. The molecule has 0 atom stereocenters. The van der Waals surface area contributed by atoms with Crippen molar-refractivity contribution >= 4 is 33.5 Å². The van der Waals surface area contributed by atoms with Crippen LogP contribution in [0.2, 0.25) is 5.15 Å². The Labute approximate surface area is 181 Å². The van der Waals surface area contributed by atoms with E-state index < -0.39 is 0 Å². The lowest BCUT2D eigenvalue weighted by atomic mass is 10.2. The summed E-state index contributed by atoms with van der Waals surface area (Å²) in [7, 11) is 0. The van der Waals surface area contributed by atoms with Gasteiger partial charge >= 0.3 is 5.97 Å². The van der Waals surface area contributed by atoms with Gasteiger partial charge in [0.25, 0.3) is 0 Å². The van der Waals surface area contributed by atoms with E-state index >= 15 is 0 Å². The lowest BCUT2D eigenvalue weighted by Gasteiger charge is -2.24. The Morgan fingerprint density at radius 3 is 2.76 bits per heavy atom. The summed E-state index contributed by atoms with van der Waals surface area (Å²) in [6.45, 7) is 2.06. The van der Waals surface area contributed by atoms with Crippen molar-refractivity contribution in [3.8, 4) is 0 Å². The smallest absolute Gasteiger partial charge is 0.333 e. The number of nitrogens with zero attached hydrogens (tertiary/aromatic N) is 4. The zero-order chi connectivity index (χ0) is 20.2. The Balaban J connectivity index is 1.51. The lowest BCUT2D eigenvalue weighted by Crippen LogP contribution is -2.23. The Hall–Kier alpha value is -2.64. The second-order valence-corrected chi connectivity index (χ2v) is 7.93. The zero-order valence-electron chi connectivity index (χ0n) is 15.5. The van der Waals surface area contributed by atoms with Crippen LogP contribution < -0.4 is 0 Å². The minimum atomic E-state index is -0.321. The number of ether oxygens (including phenoxy) is 1. The molecule has 0 unspecified atom stereocenters. The predicted octanol–water partition coefficient (Wildman–Crippen LogP) is 4.19. The van der Waals surface area contributed by atoms with Gasteiger partial charge in [-0.15, -0.1) is 0 Å². The summed E-state index contributed by atoms with van der Waals surface area (Å²) in [5, 5.41) is 5.15. The average molecular weight is 474 g/mol. The normalized spacial score (nSPS) is 13.3. The average Bonchev–Trinajstić information content (AvgIpc) is 3.34. The highest BCUT2D eigenvalue weighted by Gasteiger charge is 2.20. The number of carbonyl (C=O) groups excluding carboxylic acids is 1. The van der Waals surface area contributed by atoms with Crippen LogP contribution in [-0.2, 0) is 29.2 Å². The SMILES string of the molecule is O=C1C=C(N(Cc2ccc(Cl)nc2)Cc2ccn(Cc3ccccc3Br)n2)CO1. The third kappa shape index (κ3) is 5.05. The third-order valence-electron chi connectivity index (χ3n) is 4.55. The third-order valence-corrected chi connectivity index (χ3v) is 5.55. The van der Waals surface area contributed by atoms with Crippen LogP contribution in [0.25, 0.3) is 0 Å². The second-order valence-electron chi connectivity index (χ2n) is 6.68. The van der Waals surface area contributed by atoms with E-state index in [0.29, 0.717) is 24.8 Å². The molecular formula is C21H18BrClN4O2. The maximum absolute atomic E-state index is 11.6. The number of cyclic esters (lactones) is 1. The Morgan fingerprint density at radius 2 is 2.03 bits per heavy atom. The molecule has 0 saturated heterocycles. The summed E-state index contributed by atoms with van der Waals surface area (Å²) in [5.41, 5.74) is 3.87. The molecular weight excluding hydrogens is 456 g/mol. The van der Waals surface area contributed by atoms with Crippen LogP contribution in [0, 0.1) is 0 Å². The first-order valence-corrected chi connectivity index (χ1v) is 10.2. The highest BCUT2D eigenvalue weighted by Crippen LogP contribution is 2.20. The summed E-state index contributed by atoms with van der Waals surface area (Å²) < 4.78 is 8.06. The topological polar surface area (TPSA) is 60.2 Å². The molecule has 2 aromatic heterocycles. The monoisotopic (exact) mass is 472 g/mol. The van der Waals surface area contributed by atoms with Crippen molar-refractivity contribution in [3.05, 3.63) is 93.1 Å². The summed E-state index contributed by atoms with van der Waals surface area (Å²) in [6.07, 6.45) is 5.22. The van der Waals surface area contributed by atoms with E-state index in [2.05, 4.69) is 31.9 Å². The van der Waals surface area contributed by atoms with Crippen LogP contribution in [0.1, 0.15) is 16.8 Å². The molecule has 4 rings (SSSR count). The molecule has 0 saturated carbocycles. The van der Waals surface area contributed by atoms with Gasteiger partial charge in [-0.05, 0) is 29.3 Å². The number of carbonyl (C=O) groups is 1. The Bertz CT molecular complexity index is 1050. The molecule has 0 amide bonds. The Kier molecular flexibility index (Phi) is 5.97. The minimum absolute atomic E-state index is 0.261. The van der Waals surface area contributed by atoms with Crippen LogP contribution in [0.3, 0.4) is 0 Å². The number of pyridine rings is 1. The fourth-order valence-corrected chi connectivity index (χ4v) is 3.62. The van der Waals surface area contributed by atoms with E-state index in [9.17, 15) is 4.79 Å². The quantitative estimate of drug-likeness (QED) is 0.380. The number of halogens is 2. The van der Waals surface area contributed by atoms with Gasteiger partial charge in [0, 0.05) is 29.5 Å². The number of esters is 1. The van der Waals surface area contributed by atoms with E-state index in [1.54, 1.807) is 12.3 Å². The van der Waals surface area contributed by atoms with Gasteiger partial charge in [0.05, 0.1) is 24.5 Å². The predicted molar refractivity (Wildman–Crippen MR) is 113 cm³/mol. The fraction of sp³-hybridized carbons (Fsp3) is 0.190. The number of rotatable bonds is 7. The van der Waals surface area contributed by atoms with E-state index in [1.807, 2.05) is 41.2 Å². The van der Waals surface area contributed by atoms with Gasteiger partial charge in [0.1, 0.15) is 11.8 Å². The maximum Gasteiger partial charge on any atom is 0.333 e. The van der Waals surface area contributed by atoms with Gasteiger partial charge in [0.15, 0.2) is 0 Å². The van der Waals surface area contributed by atoms with Crippen molar-refractivity contribution in [3.63, 3.8) is 0 Å². The van der Waals surface area contributed by atoms with Crippen LogP contribution in [0.15, 0.2) is 71.1 Å². The van der Waals surface area contributed by atoms with Crippen LogP contribution >= 0.6 is 27.5 Å². The van der Waals surface area contributed by atoms with Crippen molar-refractivity contribution in [2.24, 2.45) is 0 Å². The van der Waals surface area contributed by atoms with Crippen molar-refractivity contribution in [2.45, 2.75) is 19.6 Å². The standard InChI is InChI=1S/C21H18BrClN4O2/c22-19-4-2-1-3-16(19)12-27-8-7-17(25-27)13-26(18-9-21(28)29-14-18)11-15-5-6-20(23)24-10-15/h1-10H,11-14H2. The molecule has 8 heteroatoms. The fourth-order valence-electron chi connectivity index (χ4n) is 3.10. The number of aromatic nitrogens is 3. The summed E-state index contributed by atoms with van der Waals surface area (Å²) in [4.78, 5) is 17.8. The van der Waals surface area contributed by atoms with Crippen LogP contribution in [-0.4, -0.2) is 32.2 Å². The van der Waals surface area contributed by atoms with Gasteiger partial charge in [-0.1, -0.05) is 51.8 Å². The molecule has 1 aliphatic heterocycles. The first-order chi connectivity index (χ1) is 14.1. The highest BCUT2D eigenvalue weighted by atomic mass is 79.9. The molecule has 3 heterocycles.